The number of anilines is 3. The molecule has 0 bridgehead atoms. The van der Waals surface area contributed by atoms with E-state index in [9.17, 15) is 10.1 Å². The highest BCUT2D eigenvalue weighted by atomic mass is 16.6. The van der Waals surface area contributed by atoms with Crippen molar-refractivity contribution in [2.45, 2.75) is 0 Å². The number of hydrogen-bond donors (Lipinski definition) is 3. The number of hydrogen-bond acceptors (Lipinski definition) is 8. The molecule has 0 radical (unpaired) electrons. The van der Waals surface area contributed by atoms with Crippen LogP contribution in [-0.2, 0) is 7.05 Å². The minimum absolute atomic E-state index is 0.0621. The van der Waals surface area contributed by atoms with E-state index in [0.29, 0.717) is 35.9 Å². The number of nitrogens with zero attached hydrogens (tertiary/aromatic N) is 5. The topological polar surface area (TPSA) is 137 Å². The van der Waals surface area contributed by atoms with Crippen LogP contribution in [0, 0.1) is 10.1 Å². The van der Waals surface area contributed by atoms with Crippen LogP contribution in [0.25, 0.3) is 11.0 Å². The fraction of sp³-hybridized carbons (Fsp3) is 0.214. The van der Waals surface area contributed by atoms with Crippen molar-refractivity contribution in [2.24, 2.45) is 7.05 Å². The van der Waals surface area contributed by atoms with E-state index >= 15 is 0 Å². The van der Waals surface area contributed by atoms with Crippen LogP contribution in [0.3, 0.4) is 0 Å². The van der Waals surface area contributed by atoms with E-state index in [0.717, 1.165) is 5.69 Å². The third-order valence-corrected chi connectivity index (χ3v) is 3.44. The summed E-state index contributed by atoms with van der Waals surface area (Å²) in [6.07, 6.45) is 1.63. The minimum atomic E-state index is -0.429. The lowest BCUT2D eigenvalue weighted by atomic mass is 10.3. The molecule has 24 heavy (non-hydrogen) atoms. The molecule has 0 saturated carbocycles. The summed E-state index contributed by atoms with van der Waals surface area (Å²) in [5, 5.41) is 21.6. The van der Waals surface area contributed by atoms with Gasteiger partial charge in [0.05, 0.1) is 16.5 Å². The summed E-state index contributed by atoms with van der Waals surface area (Å²) in [5.74, 6) is 0.799. The summed E-state index contributed by atoms with van der Waals surface area (Å²) < 4.78 is 1.63. The first kappa shape index (κ1) is 15.5. The molecule has 2 heterocycles. The van der Waals surface area contributed by atoms with Crippen molar-refractivity contribution in [3.8, 4) is 0 Å². The van der Waals surface area contributed by atoms with Crippen molar-refractivity contribution < 1.29 is 4.92 Å². The predicted octanol–water partition coefficient (Wildman–Crippen LogP) is 1.38. The number of nitro groups is 1. The van der Waals surface area contributed by atoms with Crippen LogP contribution in [-0.4, -0.2) is 37.8 Å². The van der Waals surface area contributed by atoms with Crippen LogP contribution >= 0.6 is 0 Å². The molecule has 2 aromatic heterocycles. The van der Waals surface area contributed by atoms with Gasteiger partial charge in [0.2, 0.25) is 5.95 Å². The Kier molecular flexibility index (Phi) is 4.10. The van der Waals surface area contributed by atoms with E-state index in [1.165, 1.54) is 12.1 Å². The molecular weight excluding hydrogens is 312 g/mol. The zero-order valence-corrected chi connectivity index (χ0v) is 12.9. The zero-order valence-electron chi connectivity index (χ0n) is 12.9. The lowest BCUT2D eigenvalue weighted by molar-refractivity contribution is -0.384. The molecule has 0 spiro atoms. The maximum Gasteiger partial charge on any atom is 0.269 e. The van der Waals surface area contributed by atoms with Gasteiger partial charge < -0.3 is 16.4 Å². The molecular formula is C14H16N8O2. The SMILES string of the molecule is Cn1ncc2c(N)nc(NCCNc3ccc([N+](=O)[O-])cc3)nc21. The highest BCUT2D eigenvalue weighted by Gasteiger charge is 2.08. The Morgan fingerprint density at radius 2 is 1.92 bits per heavy atom. The van der Waals surface area contributed by atoms with Crippen LogP contribution in [0.5, 0.6) is 0 Å². The largest absolute Gasteiger partial charge is 0.383 e. The van der Waals surface area contributed by atoms with Crippen LogP contribution in [0.2, 0.25) is 0 Å². The Morgan fingerprint density at radius 3 is 2.62 bits per heavy atom. The van der Waals surface area contributed by atoms with Crippen molar-refractivity contribution in [2.75, 3.05) is 29.5 Å². The lowest BCUT2D eigenvalue weighted by Crippen LogP contribution is -2.15. The van der Waals surface area contributed by atoms with Crippen molar-refractivity contribution in [3.05, 3.63) is 40.6 Å². The molecule has 0 amide bonds. The van der Waals surface area contributed by atoms with Gasteiger partial charge in [-0.25, -0.2) is 0 Å². The quantitative estimate of drug-likeness (QED) is 0.350. The van der Waals surface area contributed by atoms with E-state index in [-0.39, 0.29) is 5.69 Å². The summed E-state index contributed by atoms with van der Waals surface area (Å²) in [6, 6.07) is 6.23. The number of nitrogen functional groups attached to an aromatic ring is 1. The number of nitrogens with one attached hydrogen (secondary N) is 2. The average Bonchev–Trinajstić information content (AvgIpc) is 2.94. The predicted molar refractivity (Wildman–Crippen MR) is 90.8 cm³/mol. The van der Waals surface area contributed by atoms with Crippen molar-refractivity contribution in [3.63, 3.8) is 0 Å². The molecule has 0 fully saturated rings. The smallest absolute Gasteiger partial charge is 0.269 e. The minimum Gasteiger partial charge on any atom is -0.383 e. The number of aryl methyl sites for hydroxylation is 1. The Balaban J connectivity index is 1.56. The Labute approximate surface area is 136 Å². The number of nitrogens with two attached hydrogens (primary N) is 1. The fourth-order valence-corrected chi connectivity index (χ4v) is 2.21. The van der Waals surface area contributed by atoms with Crippen molar-refractivity contribution in [1.29, 1.82) is 0 Å². The molecule has 0 aliphatic carbocycles. The van der Waals surface area contributed by atoms with E-state index in [2.05, 4.69) is 25.7 Å². The number of non-ortho nitro benzene ring substituents is 1. The number of rotatable bonds is 6. The van der Waals surface area contributed by atoms with Crippen LogP contribution in [0.4, 0.5) is 23.1 Å². The maximum atomic E-state index is 10.6. The van der Waals surface area contributed by atoms with Crippen molar-refractivity contribution in [1.82, 2.24) is 19.7 Å². The molecule has 1 aromatic carbocycles. The van der Waals surface area contributed by atoms with E-state index in [1.807, 2.05) is 0 Å². The number of nitro benzene ring substituents is 1. The van der Waals surface area contributed by atoms with Gasteiger partial charge in [-0.3, -0.25) is 14.8 Å². The standard InChI is InChI=1S/C14H16N8O2/c1-21-13-11(8-18-21)12(15)19-14(20-13)17-7-6-16-9-2-4-10(5-3-9)22(23)24/h2-5,8,16H,6-7H2,1H3,(H3,15,17,19,20). The Hall–Kier alpha value is -3.43. The van der Waals surface area contributed by atoms with Gasteiger partial charge >= 0.3 is 0 Å². The van der Waals surface area contributed by atoms with Gasteiger partial charge in [0.15, 0.2) is 5.65 Å². The molecule has 10 heteroatoms. The van der Waals surface area contributed by atoms with Crippen LogP contribution < -0.4 is 16.4 Å². The molecule has 3 aromatic rings. The monoisotopic (exact) mass is 328 g/mol. The van der Waals surface area contributed by atoms with Gasteiger partial charge in [-0.2, -0.15) is 15.1 Å². The summed E-state index contributed by atoms with van der Waals surface area (Å²) in [7, 11) is 1.79. The molecule has 10 nitrogen and oxygen atoms in total. The first-order valence-corrected chi connectivity index (χ1v) is 7.22. The molecule has 0 aliphatic heterocycles. The van der Waals surface area contributed by atoms with Gasteiger partial charge in [0, 0.05) is 38.0 Å². The molecule has 4 N–H and O–H groups in total. The van der Waals surface area contributed by atoms with E-state index < -0.39 is 4.92 Å². The van der Waals surface area contributed by atoms with E-state index in [1.54, 1.807) is 30.1 Å². The second-order valence-corrected chi connectivity index (χ2v) is 5.10. The zero-order chi connectivity index (χ0) is 17.1. The third kappa shape index (κ3) is 3.16. The van der Waals surface area contributed by atoms with Crippen molar-refractivity contribution >= 4 is 34.2 Å². The molecule has 0 aliphatic rings. The third-order valence-electron chi connectivity index (χ3n) is 3.44. The van der Waals surface area contributed by atoms with Crippen LogP contribution in [0.15, 0.2) is 30.5 Å². The normalized spacial score (nSPS) is 10.7. The second kappa shape index (κ2) is 6.36. The molecule has 0 unspecified atom stereocenters. The molecule has 0 atom stereocenters. The van der Waals surface area contributed by atoms with Gasteiger partial charge in [0.25, 0.3) is 5.69 Å². The highest BCUT2D eigenvalue weighted by Crippen LogP contribution is 2.18. The maximum absolute atomic E-state index is 10.6. The summed E-state index contributed by atoms with van der Waals surface area (Å²) in [4.78, 5) is 18.7. The second-order valence-electron chi connectivity index (χ2n) is 5.10. The van der Waals surface area contributed by atoms with Gasteiger partial charge in [-0.15, -0.1) is 0 Å². The fourth-order valence-electron chi connectivity index (χ4n) is 2.21. The van der Waals surface area contributed by atoms with Crippen LogP contribution in [0.1, 0.15) is 0 Å². The number of benzene rings is 1. The molecule has 3 rings (SSSR count). The highest BCUT2D eigenvalue weighted by molar-refractivity contribution is 5.86. The number of fused-ring (bicyclic) bond motifs is 1. The lowest BCUT2D eigenvalue weighted by Gasteiger charge is -2.08. The number of aromatic nitrogens is 4. The van der Waals surface area contributed by atoms with Gasteiger partial charge in [0.1, 0.15) is 5.82 Å². The first-order valence-electron chi connectivity index (χ1n) is 7.22. The average molecular weight is 328 g/mol. The Bertz CT molecular complexity index is 874. The van der Waals surface area contributed by atoms with E-state index in [4.69, 9.17) is 5.73 Å². The summed E-state index contributed by atoms with van der Waals surface area (Å²) >= 11 is 0. The molecule has 124 valence electrons. The summed E-state index contributed by atoms with van der Waals surface area (Å²) in [5.41, 5.74) is 7.41. The molecule has 0 saturated heterocycles. The summed E-state index contributed by atoms with van der Waals surface area (Å²) in [6.45, 7) is 1.14. The van der Waals surface area contributed by atoms with Gasteiger partial charge in [-0.1, -0.05) is 0 Å². The van der Waals surface area contributed by atoms with Gasteiger partial charge in [-0.05, 0) is 12.1 Å². The first-order chi connectivity index (χ1) is 11.5. The Morgan fingerprint density at radius 1 is 1.21 bits per heavy atom.